The van der Waals surface area contributed by atoms with E-state index in [0.29, 0.717) is 5.03 Å². The molecule has 12 heavy (non-hydrogen) atoms. The van der Waals surface area contributed by atoms with Crippen molar-refractivity contribution < 1.29 is 0 Å². The number of allylic oxidation sites excluding steroid dienone is 5. The molecule has 0 bridgehead atoms. The third-order valence-electron chi connectivity index (χ3n) is 1.47. The number of rotatable bonds is 5. The van der Waals surface area contributed by atoms with E-state index in [1.165, 1.54) is 0 Å². The molecule has 1 heteroatoms. The summed E-state index contributed by atoms with van der Waals surface area (Å²) in [5.41, 5.74) is 1.99. The van der Waals surface area contributed by atoms with Crippen LogP contribution in [0.2, 0.25) is 0 Å². The van der Waals surface area contributed by atoms with Crippen LogP contribution >= 0.6 is 11.6 Å². The predicted octanol–water partition coefficient (Wildman–Crippen LogP) is 4.21. The van der Waals surface area contributed by atoms with E-state index in [4.69, 9.17) is 11.6 Å². The molecule has 0 unspecified atom stereocenters. The largest absolute Gasteiger partial charge is 0.0953 e. The Morgan fingerprint density at radius 1 is 1.25 bits per heavy atom. The van der Waals surface area contributed by atoms with Gasteiger partial charge in [0.25, 0.3) is 0 Å². The fraction of sp³-hybridized carbons (Fsp3) is 0.273. The van der Waals surface area contributed by atoms with Crippen molar-refractivity contribution in [3.8, 4) is 0 Å². The van der Waals surface area contributed by atoms with Gasteiger partial charge in [0.2, 0.25) is 0 Å². The molecule has 0 N–H and O–H groups in total. The minimum Gasteiger partial charge on any atom is -0.0953 e. The number of hydrogen-bond acceptors (Lipinski definition) is 0. The second-order valence-corrected chi connectivity index (χ2v) is 3.14. The number of halogens is 1. The van der Waals surface area contributed by atoms with Crippen LogP contribution in [0, 0.1) is 0 Å². The van der Waals surface area contributed by atoms with E-state index in [1.807, 2.05) is 6.08 Å². The van der Waals surface area contributed by atoms with Crippen LogP contribution in [0.5, 0.6) is 0 Å². The Morgan fingerprint density at radius 2 is 1.83 bits per heavy atom. The molecule has 0 amide bonds. The molecule has 0 nitrogen and oxygen atoms in total. The van der Waals surface area contributed by atoms with Gasteiger partial charge in [-0.3, -0.25) is 0 Å². The molecule has 0 rings (SSSR count). The van der Waals surface area contributed by atoms with Crippen LogP contribution < -0.4 is 0 Å². The van der Waals surface area contributed by atoms with Crippen molar-refractivity contribution in [1.82, 2.24) is 0 Å². The van der Waals surface area contributed by atoms with Gasteiger partial charge >= 0.3 is 0 Å². The zero-order valence-electron chi connectivity index (χ0n) is 7.57. The van der Waals surface area contributed by atoms with Crippen LogP contribution in [0.1, 0.15) is 19.8 Å². The second-order valence-electron chi connectivity index (χ2n) is 2.66. The average molecular weight is 183 g/mol. The molecular weight excluding hydrogens is 168 g/mol. The molecular formula is C11H15Cl. The third-order valence-corrected chi connectivity index (χ3v) is 1.60. The van der Waals surface area contributed by atoms with E-state index in [2.05, 4.69) is 26.7 Å². The summed E-state index contributed by atoms with van der Waals surface area (Å²) < 4.78 is 0. The summed E-state index contributed by atoms with van der Waals surface area (Å²) in [7, 11) is 0. The smallest absolute Gasteiger partial charge is 0.0334 e. The van der Waals surface area contributed by atoms with E-state index in [0.717, 1.165) is 24.0 Å². The fourth-order valence-electron chi connectivity index (χ4n) is 0.771. The molecule has 0 heterocycles. The molecule has 0 aromatic rings. The van der Waals surface area contributed by atoms with E-state index >= 15 is 0 Å². The summed E-state index contributed by atoms with van der Waals surface area (Å²) in [6.07, 6.45) is 5.64. The van der Waals surface area contributed by atoms with E-state index in [9.17, 15) is 0 Å². The molecule has 0 fully saturated rings. The highest BCUT2D eigenvalue weighted by atomic mass is 35.5. The normalized spacial score (nSPS) is 10.2. The lowest BCUT2D eigenvalue weighted by Crippen LogP contribution is -1.81. The quantitative estimate of drug-likeness (QED) is 0.559. The van der Waals surface area contributed by atoms with Crippen molar-refractivity contribution >= 4 is 11.6 Å². The molecule has 0 saturated carbocycles. The summed E-state index contributed by atoms with van der Waals surface area (Å²) in [6, 6.07) is 0. The van der Waals surface area contributed by atoms with Crippen LogP contribution in [0.3, 0.4) is 0 Å². The van der Waals surface area contributed by atoms with Gasteiger partial charge in [-0.1, -0.05) is 50.8 Å². The summed E-state index contributed by atoms with van der Waals surface area (Å²) in [5.74, 6) is 0. The summed E-state index contributed by atoms with van der Waals surface area (Å²) in [4.78, 5) is 0. The summed E-state index contributed by atoms with van der Waals surface area (Å²) in [5, 5.41) is 0.514. The van der Waals surface area contributed by atoms with Gasteiger partial charge in [0, 0.05) is 5.03 Å². The van der Waals surface area contributed by atoms with Gasteiger partial charge in [0.15, 0.2) is 0 Å². The first kappa shape index (κ1) is 11.2. The highest BCUT2D eigenvalue weighted by Gasteiger charge is 1.93. The molecule has 0 aromatic carbocycles. The summed E-state index contributed by atoms with van der Waals surface area (Å²) in [6.45, 7) is 13.4. The van der Waals surface area contributed by atoms with E-state index in [1.54, 1.807) is 6.08 Å². The fourth-order valence-corrected chi connectivity index (χ4v) is 0.834. The van der Waals surface area contributed by atoms with Gasteiger partial charge in [0.05, 0.1) is 0 Å². The zero-order chi connectivity index (χ0) is 9.56. The first-order valence-corrected chi connectivity index (χ1v) is 4.35. The lowest BCUT2D eigenvalue weighted by atomic mass is 10.0. The Hall–Kier alpha value is -0.750. The maximum absolute atomic E-state index is 5.55. The standard InChI is InChI=1S/C11H15Cl/c1-5-6-9(2)10(3)7-8-11(4)12/h7-8H,2-6H2,1H3/b8-7-. The zero-order valence-corrected chi connectivity index (χ0v) is 8.32. The van der Waals surface area contributed by atoms with Crippen molar-refractivity contribution in [1.29, 1.82) is 0 Å². The SMILES string of the molecule is C=C(Cl)/C=C\C(=C)C(=C)CCC. The van der Waals surface area contributed by atoms with Gasteiger partial charge in [-0.2, -0.15) is 0 Å². The lowest BCUT2D eigenvalue weighted by molar-refractivity contribution is 0.922. The van der Waals surface area contributed by atoms with Gasteiger partial charge in [-0.25, -0.2) is 0 Å². The van der Waals surface area contributed by atoms with Crippen LogP contribution in [0.4, 0.5) is 0 Å². The second kappa shape index (κ2) is 5.84. The predicted molar refractivity (Wildman–Crippen MR) is 57.3 cm³/mol. The van der Waals surface area contributed by atoms with Crippen LogP contribution in [-0.4, -0.2) is 0 Å². The molecule has 0 saturated heterocycles. The molecule has 0 aliphatic carbocycles. The molecule has 0 aromatic heterocycles. The van der Waals surface area contributed by atoms with Crippen LogP contribution in [-0.2, 0) is 0 Å². The van der Waals surface area contributed by atoms with Gasteiger partial charge in [-0.15, -0.1) is 0 Å². The first-order chi connectivity index (χ1) is 5.57. The molecule has 0 spiro atoms. The Balaban J connectivity index is 4.04. The van der Waals surface area contributed by atoms with E-state index < -0.39 is 0 Å². The van der Waals surface area contributed by atoms with Crippen molar-refractivity contribution in [3.63, 3.8) is 0 Å². The minimum absolute atomic E-state index is 0.514. The lowest BCUT2D eigenvalue weighted by Gasteiger charge is -2.01. The molecule has 0 aliphatic rings. The Morgan fingerprint density at radius 3 is 2.25 bits per heavy atom. The van der Waals surface area contributed by atoms with Gasteiger partial charge in [0.1, 0.15) is 0 Å². The first-order valence-electron chi connectivity index (χ1n) is 3.97. The highest BCUT2D eigenvalue weighted by Crippen LogP contribution is 2.14. The van der Waals surface area contributed by atoms with Crippen molar-refractivity contribution in [2.45, 2.75) is 19.8 Å². The minimum atomic E-state index is 0.514. The Kier molecular flexibility index (Phi) is 5.48. The van der Waals surface area contributed by atoms with Crippen molar-refractivity contribution in [2.75, 3.05) is 0 Å². The topological polar surface area (TPSA) is 0 Å². The molecule has 66 valence electrons. The maximum atomic E-state index is 5.55. The van der Waals surface area contributed by atoms with Crippen LogP contribution in [0.15, 0.2) is 48.1 Å². The Labute approximate surface area is 79.9 Å². The molecule has 0 radical (unpaired) electrons. The number of hydrogen-bond donors (Lipinski definition) is 0. The third kappa shape index (κ3) is 4.97. The van der Waals surface area contributed by atoms with Crippen LogP contribution in [0.25, 0.3) is 0 Å². The average Bonchev–Trinajstić information content (AvgIpc) is 2.00. The highest BCUT2D eigenvalue weighted by molar-refractivity contribution is 6.30. The monoisotopic (exact) mass is 182 g/mol. The Bertz CT molecular complexity index is 221. The van der Waals surface area contributed by atoms with Gasteiger partial charge < -0.3 is 0 Å². The summed E-state index contributed by atoms with van der Waals surface area (Å²) >= 11 is 5.55. The van der Waals surface area contributed by atoms with Gasteiger partial charge in [-0.05, 0) is 23.6 Å². The van der Waals surface area contributed by atoms with E-state index in [-0.39, 0.29) is 0 Å². The van der Waals surface area contributed by atoms with Crippen molar-refractivity contribution in [3.05, 3.63) is 48.1 Å². The molecule has 0 atom stereocenters. The van der Waals surface area contributed by atoms with Crippen molar-refractivity contribution in [2.24, 2.45) is 0 Å². The maximum Gasteiger partial charge on any atom is 0.0334 e. The molecule has 0 aliphatic heterocycles.